The van der Waals surface area contributed by atoms with Gasteiger partial charge >= 0.3 is 0 Å². The van der Waals surface area contributed by atoms with Crippen LogP contribution in [0.4, 0.5) is 8.78 Å². The maximum absolute atomic E-state index is 13.8. The van der Waals surface area contributed by atoms with Crippen LogP contribution < -0.4 is 9.47 Å². The molecule has 3 aromatic rings. The summed E-state index contributed by atoms with van der Waals surface area (Å²) in [7, 11) is 2.96. The Bertz CT molecular complexity index is 1350. The van der Waals surface area contributed by atoms with Gasteiger partial charge in [0.2, 0.25) is 0 Å². The van der Waals surface area contributed by atoms with Gasteiger partial charge in [0.25, 0.3) is 11.7 Å². The number of amides is 1. The summed E-state index contributed by atoms with van der Waals surface area (Å²) in [4.78, 5) is 27.7. The Kier molecular flexibility index (Phi) is 7.05. The van der Waals surface area contributed by atoms with Crippen molar-refractivity contribution in [2.75, 3.05) is 20.8 Å². The van der Waals surface area contributed by atoms with Crippen LogP contribution in [-0.4, -0.2) is 42.5 Å². The van der Waals surface area contributed by atoms with E-state index in [1.165, 1.54) is 49.5 Å². The first-order valence-electron chi connectivity index (χ1n) is 11.3. The maximum atomic E-state index is 13.8. The van der Waals surface area contributed by atoms with Crippen molar-refractivity contribution >= 4 is 17.4 Å². The first-order chi connectivity index (χ1) is 17.2. The highest BCUT2D eigenvalue weighted by atomic mass is 19.1. The van der Waals surface area contributed by atoms with Crippen LogP contribution in [0.15, 0.2) is 66.2 Å². The van der Waals surface area contributed by atoms with E-state index in [4.69, 9.17) is 9.47 Å². The molecular weight excluding hydrogens is 468 g/mol. The van der Waals surface area contributed by atoms with Gasteiger partial charge in [-0.25, -0.2) is 8.78 Å². The summed E-state index contributed by atoms with van der Waals surface area (Å²) in [5, 5.41) is 11.2. The Morgan fingerprint density at radius 3 is 2.28 bits per heavy atom. The van der Waals surface area contributed by atoms with Crippen LogP contribution in [0, 0.1) is 18.6 Å². The molecule has 186 valence electrons. The van der Waals surface area contributed by atoms with Gasteiger partial charge < -0.3 is 19.5 Å². The minimum atomic E-state index is -0.935. The van der Waals surface area contributed by atoms with Crippen LogP contribution in [-0.2, 0) is 16.0 Å². The second kappa shape index (κ2) is 10.2. The molecule has 1 amide bonds. The summed E-state index contributed by atoms with van der Waals surface area (Å²) in [6.45, 7) is 1.67. The summed E-state index contributed by atoms with van der Waals surface area (Å²) in [6.07, 6.45) is 0.354. The summed E-state index contributed by atoms with van der Waals surface area (Å²) < 4.78 is 37.9. The number of ether oxygens (including phenoxy) is 2. The molecule has 0 saturated carbocycles. The molecule has 0 radical (unpaired) electrons. The van der Waals surface area contributed by atoms with Crippen molar-refractivity contribution in [2.45, 2.75) is 19.4 Å². The second-order valence-corrected chi connectivity index (χ2v) is 8.45. The zero-order chi connectivity index (χ0) is 26.0. The predicted molar refractivity (Wildman–Crippen MR) is 130 cm³/mol. The number of rotatable bonds is 7. The number of halogens is 2. The fourth-order valence-corrected chi connectivity index (χ4v) is 4.33. The van der Waals surface area contributed by atoms with Gasteiger partial charge in [0, 0.05) is 12.1 Å². The molecule has 6 nitrogen and oxygen atoms in total. The Balaban J connectivity index is 1.83. The van der Waals surface area contributed by atoms with Crippen LogP contribution in [0.25, 0.3) is 5.76 Å². The number of ketones is 1. The zero-order valence-corrected chi connectivity index (χ0v) is 20.0. The minimum Gasteiger partial charge on any atom is -0.507 e. The molecule has 1 unspecified atom stereocenters. The Labute approximate surface area is 207 Å². The summed E-state index contributed by atoms with van der Waals surface area (Å²) in [5.41, 5.74) is 1.69. The number of hydrogen-bond acceptors (Lipinski definition) is 5. The van der Waals surface area contributed by atoms with E-state index in [0.717, 1.165) is 5.56 Å². The van der Waals surface area contributed by atoms with Gasteiger partial charge in [-0.2, -0.15) is 0 Å². The third-order valence-corrected chi connectivity index (χ3v) is 6.25. The van der Waals surface area contributed by atoms with Gasteiger partial charge in [-0.15, -0.1) is 0 Å². The Hall–Kier alpha value is -4.20. The number of carbonyl (C=O) groups excluding carboxylic acids is 2. The molecule has 36 heavy (non-hydrogen) atoms. The van der Waals surface area contributed by atoms with Crippen LogP contribution in [0.1, 0.15) is 28.3 Å². The molecule has 1 heterocycles. The number of Topliss-reactive ketones (excluding diaryl/α,β-unsaturated/α-hetero) is 1. The van der Waals surface area contributed by atoms with Crippen LogP contribution >= 0.6 is 0 Å². The molecule has 1 fully saturated rings. The van der Waals surface area contributed by atoms with Gasteiger partial charge in [0.05, 0.1) is 25.8 Å². The van der Waals surface area contributed by atoms with Gasteiger partial charge in [-0.05, 0) is 72.5 Å². The Morgan fingerprint density at radius 1 is 0.944 bits per heavy atom. The van der Waals surface area contributed by atoms with E-state index in [2.05, 4.69) is 0 Å². The normalized spacial score (nSPS) is 16.9. The zero-order valence-electron chi connectivity index (χ0n) is 20.0. The first-order valence-corrected chi connectivity index (χ1v) is 11.3. The molecule has 0 spiro atoms. The topological polar surface area (TPSA) is 76.1 Å². The lowest BCUT2D eigenvalue weighted by Gasteiger charge is -2.26. The molecule has 4 rings (SSSR count). The molecule has 3 aromatic carbocycles. The fraction of sp³-hybridized carbons (Fsp3) is 0.214. The highest BCUT2D eigenvalue weighted by Gasteiger charge is 2.46. The summed E-state index contributed by atoms with van der Waals surface area (Å²) >= 11 is 0. The summed E-state index contributed by atoms with van der Waals surface area (Å²) in [5.74, 6) is -2.02. The molecule has 0 aromatic heterocycles. The van der Waals surface area contributed by atoms with Crippen molar-refractivity contribution in [3.05, 3.63) is 100 Å². The third kappa shape index (κ3) is 4.66. The SMILES string of the molecule is COc1ccc(C2/C(=C(/O)c3ccc(F)c(C)c3)C(=O)C(=O)N2CCc2ccc(F)cc2)cc1OC. The minimum absolute atomic E-state index is 0.114. The number of likely N-dealkylation sites (tertiary alicyclic amines) is 1. The first kappa shape index (κ1) is 24.9. The quantitative estimate of drug-likeness (QED) is 0.286. The molecular formula is C28H25F2NO5. The largest absolute Gasteiger partial charge is 0.507 e. The monoisotopic (exact) mass is 493 g/mol. The number of benzene rings is 3. The number of aryl methyl sites for hydroxylation is 1. The van der Waals surface area contributed by atoms with Crippen molar-refractivity contribution in [1.29, 1.82) is 0 Å². The lowest BCUT2D eigenvalue weighted by Crippen LogP contribution is -2.31. The molecule has 0 aliphatic carbocycles. The van der Waals surface area contributed by atoms with E-state index < -0.39 is 29.3 Å². The predicted octanol–water partition coefficient (Wildman–Crippen LogP) is 4.95. The molecule has 1 atom stereocenters. The van der Waals surface area contributed by atoms with Crippen molar-refractivity contribution in [1.82, 2.24) is 4.90 Å². The van der Waals surface area contributed by atoms with Gasteiger partial charge in [0.1, 0.15) is 17.4 Å². The molecule has 1 aliphatic heterocycles. The number of carbonyl (C=O) groups is 2. The maximum Gasteiger partial charge on any atom is 0.295 e. The van der Waals surface area contributed by atoms with Crippen LogP contribution in [0.2, 0.25) is 0 Å². The van der Waals surface area contributed by atoms with Crippen molar-refractivity contribution in [3.63, 3.8) is 0 Å². The molecule has 8 heteroatoms. The number of aliphatic hydroxyl groups is 1. The molecule has 0 bridgehead atoms. The third-order valence-electron chi connectivity index (χ3n) is 6.25. The van der Waals surface area contributed by atoms with Gasteiger partial charge in [-0.1, -0.05) is 18.2 Å². The van der Waals surface area contributed by atoms with E-state index >= 15 is 0 Å². The molecule has 1 saturated heterocycles. The molecule has 1 aliphatic rings. The number of hydrogen-bond donors (Lipinski definition) is 1. The van der Waals surface area contributed by atoms with Crippen LogP contribution in [0.3, 0.4) is 0 Å². The lowest BCUT2D eigenvalue weighted by molar-refractivity contribution is -0.139. The lowest BCUT2D eigenvalue weighted by atomic mass is 9.94. The average molecular weight is 494 g/mol. The fourth-order valence-electron chi connectivity index (χ4n) is 4.33. The highest BCUT2D eigenvalue weighted by molar-refractivity contribution is 6.46. The number of nitrogens with zero attached hydrogens (tertiary/aromatic N) is 1. The summed E-state index contributed by atoms with van der Waals surface area (Å²) in [6, 6.07) is 13.9. The standard InChI is InChI=1S/C28H25F2NO5/c1-16-14-19(6-10-21(16)30)26(32)24-25(18-7-11-22(35-2)23(15-18)36-3)31(28(34)27(24)33)13-12-17-4-8-20(29)9-5-17/h4-11,14-15,25,32H,12-13H2,1-3H3/b26-24-. The Morgan fingerprint density at radius 2 is 1.64 bits per heavy atom. The van der Waals surface area contributed by atoms with E-state index in [9.17, 15) is 23.5 Å². The van der Waals surface area contributed by atoms with E-state index in [-0.39, 0.29) is 29.1 Å². The van der Waals surface area contributed by atoms with Crippen molar-refractivity contribution in [2.24, 2.45) is 0 Å². The highest BCUT2D eigenvalue weighted by Crippen LogP contribution is 2.42. The van der Waals surface area contributed by atoms with Gasteiger partial charge in [-0.3, -0.25) is 9.59 Å². The van der Waals surface area contributed by atoms with E-state index in [1.807, 2.05) is 0 Å². The van der Waals surface area contributed by atoms with Crippen molar-refractivity contribution in [3.8, 4) is 11.5 Å². The van der Waals surface area contributed by atoms with E-state index in [1.54, 1.807) is 37.3 Å². The van der Waals surface area contributed by atoms with Crippen LogP contribution in [0.5, 0.6) is 11.5 Å². The van der Waals surface area contributed by atoms with Gasteiger partial charge in [0.15, 0.2) is 11.5 Å². The number of aliphatic hydroxyl groups excluding tert-OH is 1. The number of methoxy groups -OCH3 is 2. The smallest absolute Gasteiger partial charge is 0.295 e. The molecule has 1 N–H and O–H groups in total. The second-order valence-electron chi connectivity index (χ2n) is 8.45. The average Bonchev–Trinajstić information content (AvgIpc) is 3.14. The van der Waals surface area contributed by atoms with E-state index in [0.29, 0.717) is 23.5 Å². The van der Waals surface area contributed by atoms with Crippen molar-refractivity contribution < 1.29 is 33.0 Å².